The maximum Gasteiger partial charge on any atom is 0.0957 e. The number of likely N-dealkylation sites (N-methyl/N-ethyl adjacent to an activating group) is 1. The topological polar surface area (TPSA) is 15.6 Å². The summed E-state index contributed by atoms with van der Waals surface area (Å²) in [5, 5.41) is 2.79. The fourth-order valence-corrected chi connectivity index (χ4v) is 3.77. The zero-order chi connectivity index (χ0) is 19.6. The molecule has 0 aliphatic rings. The van der Waals surface area contributed by atoms with E-state index in [-0.39, 0.29) is 5.41 Å². The first kappa shape index (κ1) is 20.5. The number of nitrogens with zero attached hydrogens (tertiary/aromatic N) is 2. The average molecular weight is 353 g/mol. The summed E-state index contributed by atoms with van der Waals surface area (Å²) in [5.41, 5.74) is 4.32. The summed E-state index contributed by atoms with van der Waals surface area (Å²) in [6.45, 7) is 18.8. The highest BCUT2D eigenvalue weighted by atomic mass is 15.2. The van der Waals surface area contributed by atoms with Gasteiger partial charge in [0, 0.05) is 25.6 Å². The van der Waals surface area contributed by atoms with E-state index in [1.54, 1.807) is 0 Å². The molecule has 0 N–H and O–H groups in total. The van der Waals surface area contributed by atoms with Crippen molar-refractivity contribution in [1.29, 1.82) is 0 Å². The molecule has 2 aromatic carbocycles. The van der Waals surface area contributed by atoms with Crippen molar-refractivity contribution in [3.63, 3.8) is 0 Å². The van der Waals surface area contributed by atoms with E-state index < -0.39 is 0 Å². The molecular weight excluding hydrogens is 316 g/mol. The van der Waals surface area contributed by atoms with Crippen molar-refractivity contribution in [2.24, 2.45) is 4.99 Å². The van der Waals surface area contributed by atoms with Crippen LogP contribution in [0.15, 0.2) is 35.3 Å². The van der Waals surface area contributed by atoms with Crippen LogP contribution in [0.4, 0.5) is 0 Å². The van der Waals surface area contributed by atoms with Crippen LogP contribution in [0.2, 0.25) is 0 Å². The molecule has 2 atom stereocenters. The minimum Gasteiger partial charge on any atom is -0.360 e. The van der Waals surface area contributed by atoms with Crippen LogP contribution in [0.5, 0.6) is 0 Å². The maximum atomic E-state index is 4.58. The minimum absolute atomic E-state index is 0.139. The van der Waals surface area contributed by atoms with Crippen molar-refractivity contribution in [2.45, 2.75) is 72.8 Å². The summed E-state index contributed by atoms with van der Waals surface area (Å²) in [4.78, 5) is 6.90. The Hall–Kier alpha value is -1.83. The molecule has 2 rings (SSSR count). The molecule has 0 aliphatic carbocycles. The van der Waals surface area contributed by atoms with Crippen LogP contribution in [-0.4, -0.2) is 30.4 Å². The number of aliphatic imine (C=N–C) groups is 1. The molecule has 142 valence electrons. The van der Waals surface area contributed by atoms with E-state index >= 15 is 0 Å². The summed E-state index contributed by atoms with van der Waals surface area (Å²) in [6, 6.07) is 12.0. The standard InChI is InChI=1S/C24H36N2/c1-10-25-19(5)26(9)18(4)17(3)20-13-14-23(24(6,7)8)22-15-16(2)11-12-21(20)22/h11-15,17-18H,10H2,1-9H3. The van der Waals surface area contributed by atoms with Gasteiger partial charge in [0.1, 0.15) is 0 Å². The summed E-state index contributed by atoms with van der Waals surface area (Å²) in [7, 11) is 2.16. The SMILES string of the molecule is CCN=C(C)N(C)C(C)C(C)c1ccc(C(C)(C)C)c2cc(C)ccc12. The second-order valence-electron chi connectivity index (χ2n) is 8.66. The predicted octanol–water partition coefficient (Wildman–Crippen LogP) is 6.31. The normalized spacial score (nSPS) is 15.2. The molecule has 0 saturated carbocycles. The van der Waals surface area contributed by atoms with Crippen LogP contribution in [0.25, 0.3) is 10.8 Å². The summed E-state index contributed by atoms with van der Waals surface area (Å²) in [6.07, 6.45) is 0. The molecule has 0 aromatic heterocycles. The monoisotopic (exact) mass is 352 g/mol. The molecule has 0 amide bonds. The van der Waals surface area contributed by atoms with Crippen molar-refractivity contribution < 1.29 is 0 Å². The lowest BCUT2D eigenvalue weighted by Gasteiger charge is -2.33. The van der Waals surface area contributed by atoms with Crippen LogP contribution >= 0.6 is 0 Å². The molecule has 26 heavy (non-hydrogen) atoms. The first-order valence-corrected chi connectivity index (χ1v) is 9.85. The Kier molecular flexibility index (Phi) is 6.16. The third kappa shape index (κ3) is 4.11. The van der Waals surface area contributed by atoms with Gasteiger partial charge in [0.2, 0.25) is 0 Å². The second-order valence-corrected chi connectivity index (χ2v) is 8.66. The number of hydrogen-bond acceptors (Lipinski definition) is 1. The van der Waals surface area contributed by atoms with Crippen LogP contribution in [0.1, 0.15) is 71.1 Å². The Balaban J connectivity index is 2.55. The van der Waals surface area contributed by atoms with E-state index in [9.17, 15) is 0 Å². The minimum atomic E-state index is 0.139. The van der Waals surface area contributed by atoms with Crippen LogP contribution < -0.4 is 0 Å². The Labute approximate surface area is 160 Å². The number of hydrogen-bond donors (Lipinski definition) is 0. The van der Waals surface area contributed by atoms with Crippen molar-refractivity contribution >= 4 is 16.6 Å². The van der Waals surface area contributed by atoms with Gasteiger partial charge in [0.05, 0.1) is 5.84 Å². The van der Waals surface area contributed by atoms with Crippen LogP contribution in [-0.2, 0) is 5.41 Å². The number of rotatable bonds is 4. The molecule has 0 aliphatic heterocycles. The highest BCUT2D eigenvalue weighted by Gasteiger charge is 2.24. The van der Waals surface area contributed by atoms with Crippen molar-refractivity contribution in [1.82, 2.24) is 4.90 Å². The molecule has 2 nitrogen and oxygen atoms in total. The van der Waals surface area contributed by atoms with Crippen molar-refractivity contribution in [2.75, 3.05) is 13.6 Å². The van der Waals surface area contributed by atoms with Crippen molar-refractivity contribution in [3.05, 3.63) is 47.0 Å². The molecule has 2 unspecified atom stereocenters. The highest BCUT2D eigenvalue weighted by Crippen LogP contribution is 2.36. The predicted molar refractivity (Wildman–Crippen MR) is 117 cm³/mol. The van der Waals surface area contributed by atoms with E-state index in [4.69, 9.17) is 0 Å². The smallest absolute Gasteiger partial charge is 0.0957 e. The van der Waals surface area contributed by atoms with E-state index in [0.717, 1.165) is 12.4 Å². The van der Waals surface area contributed by atoms with Gasteiger partial charge >= 0.3 is 0 Å². The lowest BCUT2D eigenvalue weighted by atomic mass is 9.80. The average Bonchev–Trinajstić information content (AvgIpc) is 2.57. The number of aryl methyl sites for hydroxylation is 1. The molecule has 2 aromatic rings. The van der Waals surface area contributed by atoms with Gasteiger partial charge in [0.15, 0.2) is 0 Å². The summed E-state index contributed by atoms with van der Waals surface area (Å²) in [5.74, 6) is 1.53. The third-order valence-corrected chi connectivity index (χ3v) is 5.74. The molecule has 0 bridgehead atoms. The summed E-state index contributed by atoms with van der Waals surface area (Å²) >= 11 is 0. The Bertz CT molecular complexity index is 796. The van der Waals surface area contributed by atoms with Gasteiger partial charge in [-0.15, -0.1) is 0 Å². The van der Waals surface area contributed by atoms with E-state index in [2.05, 4.69) is 103 Å². The Morgan fingerprint density at radius 3 is 2.31 bits per heavy atom. The van der Waals surface area contributed by atoms with Gasteiger partial charge < -0.3 is 4.90 Å². The lowest BCUT2D eigenvalue weighted by molar-refractivity contribution is 0.345. The second kappa shape index (κ2) is 7.82. The molecule has 0 saturated heterocycles. The number of fused-ring (bicyclic) bond motifs is 1. The molecule has 0 radical (unpaired) electrons. The van der Waals surface area contributed by atoms with E-state index in [1.165, 1.54) is 27.5 Å². The van der Waals surface area contributed by atoms with E-state index in [0.29, 0.717) is 12.0 Å². The first-order valence-electron chi connectivity index (χ1n) is 9.85. The highest BCUT2D eigenvalue weighted by molar-refractivity contribution is 5.90. The van der Waals surface area contributed by atoms with Gasteiger partial charge in [-0.3, -0.25) is 4.99 Å². The molecular formula is C24H36N2. The fraction of sp³-hybridized carbons (Fsp3) is 0.542. The third-order valence-electron chi connectivity index (χ3n) is 5.74. The first-order chi connectivity index (χ1) is 12.1. The fourth-order valence-electron chi connectivity index (χ4n) is 3.77. The van der Waals surface area contributed by atoms with Crippen LogP contribution in [0, 0.1) is 6.92 Å². The number of benzene rings is 2. The van der Waals surface area contributed by atoms with E-state index in [1.807, 2.05) is 0 Å². The maximum absolute atomic E-state index is 4.58. The van der Waals surface area contributed by atoms with Gasteiger partial charge in [-0.2, -0.15) is 0 Å². The van der Waals surface area contributed by atoms with Gasteiger partial charge in [-0.25, -0.2) is 0 Å². The molecule has 0 fully saturated rings. The van der Waals surface area contributed by atoms with Gasteiger partial charge in [-0.1, -0.05) is 63.6 Å². The van der Waals surface area contributed by atoms with Crippen molar-refractivity contribution in [3.8, 4) is 0 Å². The Morgan fingerprint density at radius 1 is 1.08 bits per heavy atom. The van der Waals surface area contributed by atoms with Gasteiger partial charge in [-0.05, 0) is 55.0 Å². The zero-order valence-electron chi connectivity index (χ0n) is 18.1. The molecule has 0 heterocycles. The van der Waals surface area contributed by atoms with Gasteiger partial charge in [0.25, 0.3) is 0 Å². The number of amidine groups is 1. The quantitative estimate of drug-likeness (QED) is 0.465. The summed E-state index contributed by atoms with van der Waals surface area (Å²) < 4.78 is 0. The Morgan fingerprint density at radius 2 is 1.73 bits per heavy atom. The largest absolute Gasteiger partial charge is 0.360 e. The zero-order valence-corrected chi connectivity index (χ0v) is 18.1. The lowest BCUT2D eigenvalue weighted by Crippen LogP contribution is -2.37. The van der Waals surface area contributed by atoms with Crippen LogP contribution in [0.3, 0.4) is 0 Å². The molecule has 0 spiro atoms. The molecule has 2 heteroatoms.